The van der Waals surface area contributed by atoms with E-state index in [1.807, 2.05) is 24.3 Å². The summed E-state index contributed by atoms with van der Waals surface area (Å²) in [6.45, 7) is 6.32. The second kappa shape index (κ2) is 48.3. The number of allylic oxidation sites excluding steroid dienone is 12. The van der Waals surface area contributed by atoms with Gasteiger partial charge < -0.3 is 20.3 Å². The van der Waals surface area contributed by atoms with Gasteiger partial charge in [0.25, 0.3) is 0 Å². The van der Waals surface area contributed by atoms with Crippen molar-refractivity contribution in [3.63, 3.8) is 0 Å². The van der Waals surface area contributed by atoms with Crippen molar-refractivity contribution in [3.8, 4) is 0 Å². The molecule has 0 saturated heterocycles. The van der Waals surface area contributed by atoms with Crippen LogP contribution >= 0.6 is 0 Å². The van der Waals surface area contributed by atoms with Crippen LogP contribution in [0.3, 0.4) is 0 Å². The topological polar surface area (TPSA) is 95.9 Å². The second-order valence-corrected chi connectivity index (χ2v) is 17.3. The van der Waals surface area contributed by atoms with Crippen molar-refractivity contribution in [2.75, 3.05) is 6.61 Å². The molecule has 6 nitrogen and oxygen atoms in total. The zero-order valence-corrected chi connectivity index (χ0v) is 40.0. The predicted molar refractivity (Wildman–Crippen MR) is 264 cm³/mol. The Morgan fingerprint density at radius 1 is 0.475 bits per heavy atom. The first kappa shape index (κ1) is 58.3. The van der Waals surface area contributed by atoms with E-state index in [0.717, 1.165) is 103 Å². The highest BCUT2D eigenvalue weighted by Crippen LogP contribution is 2.17. The normalized spacial score (nSPS) is 13.9. The number of amides is 1. The van der Waals surface area contributed by atoms with Gasteiger partial charge in [-0.2, -0.15) is 0 Å². The molecule has 0 aliphatic heterocycles. The summed E-state index contributed by atoms with van der Waals surface area (Å²) in [5, 5.41) is 23.7. The first-order valence-electron chi connectivity index (χ1n) is 25.7. The Labute approximate surface area is 377 Å². The summed E-state index contributed by atoms with van der Waals surface area (Å²) in [5.74, 6) is -0.524. The maximum absolute atomic E-state index is 13.2. The van der Waals surface area contributed by atoms with Gasteiger partial charge in [0.2, 0.25) is 5.91 Å². The van der Waals surface area contributed by atoms with Gasteiger partial charge in [-0.1, -0.05) is 235 Å². The highest BCUT2D eigenvalue weighted by Gasteiger charge is 2.24. The van der Waals surface area contributed by atoms with Crippen LogP contribution < -0.4 is 5.32 Å². The molecule has 0 fully saturated rings. The number of aliphatic hydroxyl groups is 2. The van der Waals surface area contributed by atoms with Gasteiger partial charge in [0.15, 0.2) is 0 Å². The number of ether oxygens (including phenoxy) is 1. The third-order valence-electron chi connectivity index (χ3n) is 11.3. The zero-order valence-electron chi connectivity index (χ0n) is 40.0. The molecular formula is C55H97NO5. The first-order valence-corrected chi connectivity index (χ1v) is 25.7. The van der Waals surface area contributed by atoms with E-state index in [-0.39, 0.29) is 24.9 Å². The predicted octanol–water partition coefficient (Wildman–Crippen LogP) is 15.4. The number of carbonyl (C=O) groups excluding carboxylic acids is 2. The summed E-state index contributed by atoms with van der Waals surface area (Å²) < 4.78 is 5.89. The number of aliphatic hydroxyl groups excluding tert-OH is 2. The number of rotatable bonds is 45. The molecule has 0 aromatic rings. The van der Waals surface area contributed by atoms with Crippen molar-refractivity contribution >= 4 is 11.9 Å². The van der Waals surface area contributed by atoms with Crippen LogP contribution in [-0.2, 0) is 14.3 Å². The van der Waals surface area contributed by atoms with E-state index in [2.05, 4.69) is 74.7 Å². The molecule has 1 amide bonds. The lowest BCUT2D eigenvalue weighted by Crippen LogP contribution is -2.46. The molecule has 3 atom stereocenters. The van der Waals surface area contributed by atoms with E-state index in [0.29, 0.717) is 19.3 Å². The monoisotopic (exact) mass is 852 g/mol. The first-order chi connectivity index (χ1) is 30.0. The molecule has 352 valence electrons. The Morgan fingerprint density at radius 2 is 0.885 bits per heavy atom. The molecule has 0 aliphatic carbocycles. The molecule has 3 N–H and O–H groups in total. The minimum Gasteiger partial charge on any atom is -0.462 e. The maximum atomic E-state index is 13.2. The molecule has 0 radical (unpaired) electrons. The molecule has 61 heavy (non-hydrogen) atoms. The lowest BCUT2D eigenvalue weighted by Gasteiger charge is -2.24. The fourth-order valence-electron chi connectivity index (χ4n) is 7.46. The van der Waals surface area contributed by atoms with Gasteiger partial charge >= 0.3 is 5.97 Å². The average molecular weight is 852 g/mol. The van der Waals surface area contributed by atoms with Gasteiger partial charge in [-0.25, -0.2) is 0 Å². The molecule has 0 bridgehead atoms. The van der Waals surface area contributed by atoms with E-state index in [1.165, 1.54) is 89.9 Å². The second-order valence-electron chi connectivity index (χ2n) is 17.3. The number of hydrogen-bond acceptors (Lipinski definition) is 5. The summed E-state index contributed by atoms with van der Waals surface area (Å²) in [6.07, 6.45) is 61.1. The smallest absolute Gasteiger partial charge is 0.306 e. The summed E-state index contributed by atoms with van der Waals surface area (Å²) in [5.41, 5.74) is 0. The molecule has 0 spiro atoms. The Morgan fingerprint density at radius 3 is 1.43 bits per heavy atom. The largest absolute Gasteiger partial charge is 0.462 e. The van der Waals surface area contributed by atoms with E-state index < -0.39 is 18.2 Å². The molecule has 6 heteroatoms. The SMILES string of the molecule is CCC/C=C\CCCCCC(CC(=O)NC(CO)C(O)CCCCCCCCCCCCCCCCCC)OC(=O)CCCCCCC/C=C/C=C/C=C/C=C/C=C/CCC. The van der Waals surface area contributed by atoms with Crippen LogP contribution in [0, 0.1) is 0 Å². The van der Waals surface area contributed by atoms with Crippen molar-refractivity contribution < 1.29 is 24.5 Å². The third-order valence-corrected chi connectivity index (χ3v) is 11.3. The van der Waals surface area contributed by atoms with E-state index in [1.54, 1.807) is 0 Å². The minimum absolute atomic E-state index is 0.0528. The van der Waals surface area contributed by atoms with Gasteiger partial charge in [0, 0.05) is 6.42 Å². The van der Waals surface area contributed by atoms with Crippen molar-refractivity contribution in [2.24, 2.45) is 0 Å². The summed E-state index contributed by atoms with van der Waals surface area (Å²) >= 11 is 0. The van der Waals surface area contributed by atoms with Crippen LogP contribution in [0.15, 0.2) is 72.9 Å². The zero-order chi connectivity index (χ0) is 44.5. The van der Waals surface area contributed by atoms with Crippen molar-refractivity contribution in [3.05, 3.63) is 72.9 Å². The molecule has 0 aromatic carbocycles. The fourth-order valence-corrected chi connectivity index (χ4v) is 7.46. The lowest BCUT2D eigenvalue weighted by molar-refractivity contribution is -0.151. The quantitative estimate of drug-likeness (QED) is 0.0245. The van der Waals surface area contributed by atoms with Crippen LogP contribution in [0.1, 0.15) is 239 Å². The molecule has 0 aromatic heterocycles. The lowest BCUT2D eigenvalue weighted by atomic mass is 10.0. The van der Waals surface area contributed by atoms with Crippen LogP contribution in [0.5, 0.6) is 0 Å². The van der Waals surface area contributed by atoms with Gasteiger partial charge in [-0.05, 0) is 64.2 Å². The Hall–Kier alpha value is -2.70. The van der Waals surface area contributed by atoms with E-state index in [4.69, 9.17) is 4.74 Å². The maximum Gasteiger partial charge on any atom is 0.306 e. The fraction of sp³-hybridized carbons (Fsp3) is 0.745. The van der Waals surface area contributed by atoms with Crippen molar-refractivity contribution in [2.45, 2.75) is 257 Å². The van der Waals surface area contributed by atoms with Crippen molar-refractivity contribution in [1.29, 1.82) is 0 Å². The summed E-state index contributed by atoms with van der Waals surface area (Å²) in [4.78, 5) is 26.0. The Balaban J connectivity index is 4.46. The van der Waals surface area contributed by atoms with Gasteiger partial charge in [-0.15, -0.1) is 0 Å². The third kappa shape index (κ3) is 43.7. The van der Waals surface area contributed by atoms with E-state index >= 15 is 0 Å². The summed E-state index contributed by atoms with van der Waals surface area (Å²) in [6, 6.07) is -0.713. The van der Waals surface area contributed by atoms with Gasteiger partial charge in [0.1, 0.15) is 6.10 Å². The minimum atomic E-state index is -0.798. The number of hydrogen-bond donors (Lipinski definition) is 3. The van der Waals surface area contributed by atoms with Gasteiger partial charge in [-0.3, -0.25) is 9.59 Å². The Bertz CT molecular complexity index is 1140. The number of esters is 1. The molecule has 0 heterocycles. The molecule has 3 unspecified atom stereocenters. The number of carbonyl (C=O) groups is 2. The summed E-state index contributed by atoms with van der Waals surface area (Å²) in [7, 11) is 0. The molecule has 0 saturated carbocycles. The highest BCUT2D eigenvalue weighted by molar-refractivity contribution is 5.77. The van der Waals surface area contributed by atoms with E-state index in [9.17, 15) is 19.8 Å². The molecular weight excluding hydrogens is 755 g/mol. The number of nitrogens with one attached hydrogen (secondary N) is 1. The van der Waals surface area contributed by atoms with Crippen molar-refractivity contribution in [1.82, 2.24) is 5.32 Å². The standard InChI is InChI=1S/C55H97NO5/c1-4-7-10-13-16-19-21-23-25-27-28-30-32-34-36-39-42-45-48-55(60)61-51(46-43-40-37-18-15-12-9-6-3)49-54(59)56-52(50-57)53(58)47-44-41-38-35-33-31-29-26-24-22-20-17-14-11-8-5-2/h10,12-13,15-16,19,21,23,25,27-28,30,51-53,57-58H,4-9,11,14,17-18,20,22,24,26,29,31-50H2,1-3H3,(H,56,59)/b13-10+,15-12-,19-16+,23-21+,27-25+,30-28+. The van der Waals surface area contributed by atoms with Crippen LogP contribution in [0.4, 0.5) is 0 Å². The molecule has 0 aliphatic rings. The van der Waals surface area contributed by atoms with Crippen LogP contribution in [0.25, 0.3) is 0 Å². The van der Waals surface area contributed by atoms with Crippen LogP contribution in [-0.4, -0.2) is 46.9 Å². The average Bonchev–Trinajstić information content (AvgIpc) is 3.25. The molecule has 0 rings (SSSR count). The van der Waals surface area contributed by atoms with Gasteiger partial charge in [0.05, 0.1) is 25.2 Å². The Kier molecular flexibility index (Phi) is 46.2. The number of unbranched alkanes of at least 4 members (excludes halogenated alkanes) is 25. The van der Waals surface area contributed by atoms with Crippen LogP contribution in [0.2, 0.25) is 0 Å². The highest BCUT2D eigenvalue weighted by atomic mass is 16.5.